The molecule has 3 heterocycles. The number of urea groups is 1. The number of rotatable bonds is 5. The molecule has 0 aliphatic carbocycles. The zero-order valence-electron chi connectivity index (χ0n) is 18.9. The van der Waals surface area contributed by atoms with Crippen molar-refractivity contribution in [2.75, 3.05) is 6.54 Å². The van der Waals surface area contributed by atoms with Crippen molar-refractivity contribution in [2.24, 2.45) is 5.10 Å². The minimum Gasteiger partial charge on any atom is -0.467 e. The summed E-state index contributed by atoms with van der Waals surface area (Å²) in [6, 6.07) is 19.4. The number of benzene rings is 2. The van der Waals surface area contributed by atoms with Crippen LogP contribution in [-0.2, 0) is 15.1 Å². The Kier molecular flexibility index (Phi) is 5.28. The number of amides is 4. The van der Waals surface area contributed by atoms with Gasteiger partial charge >= 0.3 is 6.03 Å². The molecule has 0 radical (unpaired) electrons. The summed E-state index contributed by atoms with van der Waals surface area (Å²) in [4.78, 5) is 40.3. The molecule has 3 aromatic rings. The largest absolute Gasteiger partial charge is 0.467 e. The number of carbonyl (C=O) groups excluding carboxylic acids is 3. The Hall–Kier alpha value is -4.20. The second-order valence-electron chi connectivity index (χ2n) is 8.70. The highest BCUT2D eigenvalue weighted by Gasteiger charge is 2.50. The number of nitrogens with one attached hydrogen (secondary N) is 1. The lowest BCUT2D eigenvalue weighted by Gasteiger charge is -2.24. The van der Waals surface area contributed by atoms with Crippen molar-refractivity contribution in [3.8, 4) is 0 Å². The van der Waals surface area contributed by atoms with Crippen molar-refractivity contribution in [3.63, 3.8) is 0 Å². The molecule has 0 bridgehead atoms. The van der Waals surface area contributed by atoms with Crippen LogP contribution in [0.15, 0.2) is 82.5 Å². The van der Waals surface area contributed by atoms with Gasteiger partial charge in [0.05, 0.1) is 12.0 Å². The van der Waals surface area contributed by atoms with Crippen LogP contribution < -0.4 is 5.32 Å². The predicted octanol–water partition coefficient (Wildman–Crippen LogP) is 3.73. The van der Waals surface area contributed by atoms with E-state index < -0.39 is 36.0 Å². The molecule has 2 aliphatic rings. The minimum atomic E-state index is -1.24. The van der Waals surface area contributed by atoms with Gasteiger partial charge in [0, 0.05) is 6.42 Å². The first kappa shape index (κ1) is 21.6. The highest BCUT2D eigenvalue weighted by molar-refractivity contribution is 6.09. The van der Waals surface area contributed by atoms with Gasteiger partial charge in [0.2, 0.25) is 0 Å². The molecule has 0 saturated carbocycles. The summed E-state index contributed by atoms with van der Waals surface area (Å²) in [7, 11) is 0. The van der Waals surface area contributed by atoms with Crippen LogP contribution in [0, 0.1) is 6.92 Å². The third kappa shape index (κ3) is 3.67. The SMILES string of the molecule is Cc1ccc(C2=NN(C(=O)CN3C(=O)N[C@@](C)(c4ccccc4)C3=O)[C@H](c3ccco3)C2)cc1. The number of furan rings is 1. The van der Waals surface area contributed by atoms with E-state index >= 15 is 0 Å². The van der Waals surface area contributed by atoms with Crippen LogP contribution in [0.2, 0.25) is 0 Å². The minimum absolute atomic E-state index is 0.422. The summed E-state index contributed by atoms with van der Waals surface area (Å²) >= 11 is 0. The van der Waals surface area contributed by atoms with E-state index in [0.29, 0.717) is 17.7 Å². The van der Waals surface area contributed by atoms with Crippen LogP contribution in [0.5, 0.6) is 0 Å². The number of aryl methyl sites for hydroxylation is 1. The number of carbonyl (C=O) groups is 3. The second kappa shape index (κ2) is 8.30. The standard InChI is InChI=1S/C26H24N4O4/c1-17-10-12-18(13-11-17)20-15-21(22-9-6-14-34-22)30(28-20)23(31)16-29-24(32)26(2,27-25(29)33)19-7-4-3-5-8-19/h3-14,21H,15-16H2,1-2H3,(H,27,33)/t21-,26-/m0/s1. The third-order valence-electron chi connectivity index (χ3n) is 6.34. The van der Waals surface area contributed by atoms with Crippen LogP contribution in [0.4, 0.5) is 4.79 Å². The monoisotopic (exact) mass is 456 g/mol. The van der Waals surface area contributed by atoms with E-state index in [0.717, 1.165) is 21.7 Å². The molecule has 1 N–H and O–H groups in total. The number of hydrazone groups is 1. The lowest BCUT2D eigenvalue weighted by molar-refractivity contribution is -0.140. The maximum atomic E-state index is 13.4. The topological polar surface area (TPSA) is 95.2 Å². The van der Waals surface area contributed by atoms with E-state index in [1.54, 1.807) is 49.6 Å². The fraction of sp³-hybridized carbons (Fsp3) is 0.231. The van der Waals surface area contributed by atoms with Crippen LogP contribution in [-0.4, -0.2) is 40.0 Å². The average Bonchev–Trinajstić information content (AvgIpc) is 3.56. The summed E-state index contributed by atoms with van der Waals surface area (Å²) in [5.41, 5.74) is 2.18. The highest BCUT2D eigenvalue weighted by Crippen LogP contribution is 2.34. The molecular formula is C26H24N4O4. The first-order valence-corrected chi connectivity index (χ1v) is 11.1. The number of hydrogen-bond acceptors (Lipinski definition) is 5. The van der Waals surface area contributed by atoms with Crippen LogP contribution in [0.25, 0.3) is 0 Å². The van der Waals surface area contributed by atoms with Gasteiger partial charge in [-0.25, -0.2) is 9.80 Å². The van der Waals surface area contributed by atoms with Gasteiger partial charge in [0.15, 0.2) is 0 Å². The summed E-state index contributed by atoms with van der Waals surface area (Å²) in [6.45, 7) is 3.22. The lowest BCUT2D eigenvalue weighted by atomic mass is 9.92. The maximum absolute atomic E-state index is 13.4. The van der Waals surface area contributed by atoms with E-state index in [9.17, 15) is 14.4 Å². The number of nitrogens with zero attached hydrogens (tertiary/aromatic N) is 3. The van der Waals surface area contributed by atoms with Gasteiger partial charge in [-0.1, -0.05) is 60.2 Å². The fourth-order valence-corrected chi connectivity index (χ4v) is 4.38. The number of hydrogen-bond donors (Lipinski definition) is 1. The lowest BCUT2D eigenvalue weighted by Crippen LogP contribution is -2.43. The van der Waals surface area contributed by atoms with Gasteiger partial charge in [0.25, 0.3) is 11.8 Å². The molecule has 1 aromatic heterocycles. The molecule has 172 valence electrons. The van der Waals surface area contributed by atoms with Crippen molar-refractivity contribution < 1.29 is 18.8 Å². The zero-order chi connectivity index (χ0) is 23.9. The van der Waals surface area contributed by atoms with Gasteiger partial charge in [-0.15, -0.1) is 0 Å². The molecule has 2 aromatic carbocycles. The zero-order valence-corrected chi connectivity index (χ0v) is 18.9. The van der Waals surface area contributed by atoms with E-state index in [2.05, 4.69) is 10.4 Å². The summed E-state index contributed by atoms with van der Waals surface area (Å²) in [5.74, 6) is -0.358. The van der Waals surface area contributed by atoms with Gasteiger partial charge in [-0.05, 0) is 37.1 Å². The Bertz CT molecular complexity index is 1270. The molecule has 1 fully saturated rings. The Morgan fingerprint density at radius 2 is 1.82 bits per heavy atom. The Morgan fingerprint density at radius 3 is 2.50 bits per heavy atom. The summed E-state index contributed by atoms with van der Waals surface area (Å²) < 4.78 is 5.58. The molecule has 4 amide bonds. The molecule has 2 atom stereocenters. The van der Waals surface area contributed by atoms with Crippen molar-refractivity contribution in [2.45, 2.75) is 31.8 Å². The number of imide groups is 1. The third-order valence-corrected chi connectivity index (χ3v) is 6.34. The quantitative estimate of drug-likeness (QED) is 0.592. The molecular weight excluding hydrogens is 432 g/mol. The van der Waals surface area contributed by atoms with E-state index in [4.69, 9.17) is 4.42 Å². The van der Waals surface area contributed by atoms with Gasteiger partial charge in [-0.2, -0.15) is 5.10 Å². The van der Waals surface area contributed by atoms with Crippen molar-refractivity contribution in [1.82, 2.24) is 15.2 Å². The molecule has 2 aliphatic heterocycles. The summed E-state index contributed by atoms with van der Waals surface area (Å²) in [6.07, 6.45) is 2.01. The molecule has 8 heteroatoms. The maximum Gasteiger partial charge on any atom is 0.325 e. The first-order valence-electron chi connectivity index (χ1n) is 11.1. The average molecular weight is 457 g/mol. The first-order chi connectivity index (χ1) is 16.4. The fourth-order valence-electron chi connectivity index (χ4n) is 4.38. The Labute approximate surface area is 196 Å². The van der Waals surface area contributed by atoms with Gasteiger partial charge < -0.3 is 9.73 Å². The second-order valence-corrected chi connectivity index (χ2v) is 8.70. The highest BCUT2D eigenvalue weighted by atomic mass is 16.3. The van der Waals surface area contributed by atoms with Crippen molar-refractivity contribution >= 4 is 23.6 Å². The van der Waals surface area contributed by atoms with E-state index in [1.165, 1.54) is 5.01 Å². The summed E-state index contributed by atoms with van der Waals surface area (Å²) in [5, 5.41) is 8.64. The normalized spacial score (nSPS) is 22.2. The van der Waals surface area contributed by atoms with E-state index in [1.807, 2.05) is 37.3 Å². The van der Waals surface area contributed by atoms with Crippen LogP contribution >= 0.6 is 0 Å². The van der Waals surface area contributed by atoms with Crippen molar-refractivity contribution in [1.29, 1.82) is 0 Å². The molecule has 1 saturated heterocycles. The van der Waals surface area contributed by atoms with Crippen LogP contribution in [0.3, 0.4) is 0 Å². The van der Waals surface area contributed by atoms with Gasteiger partial charge in [0.1, 0.15) is 23.9 Å². The van der Waals surface area contributed by atoms with Crippen molar-refractivity contribution in [3.05, 3.63) is 95.4 Å². The van der Waals surface area contributed by atoms with Crippen LogP contribution in [0.1, 0.15) is 41.8 Å². The van der Waals surface area contributed by atoms with Gasteiger partial charge in [-0.3, -0.25) is 14.5 Å². The molecule has 5 rings (SSSR count). The smallest absolute Gasteiger partial charge is 0.325 e. The Balaban J connectivity index is 1.41. The Morgan fingerprint density at radius 1 is 1.09 bits per heavy atom. The molecule has 0 spiro atoms. The molecule has 0 unspecified atom stereocenters. The molecule has 34 heavy (non-hydrogen) atoms. The predicted molar refractivity (Wildman–Crippen MR) is 125 cm³/mol. The molecule has 8 nitrogen and oxygen atoms in total. The van der Waals surface area contributed by atoms with E-state index in [-0.39, 0.29) is 0 Å².